The SMILES string of the molecule is COc1ccc(NC(=O)c2cccnc2SCc2ccccc2)cc1. The van der Waals surface area contributed by atoms with Gasteiger partial charge in [0, 0.05) is 17.6 Å². The Morgan fingerprint density at radius 2 is 1.80 bits per heavy atom. The number of methoxy groups -OCH3 is 1. The van der Waals surface area contributed by atoms with Gasteiger partial charge in [0.2, 0.25) is 0 Å². The third kappa shape index (κ3) is 4.61. The Morgan fingerprint density at radius 1 is 1.04 bits per heavy atom. The minimum absolute atomic E-state index is 0.172. The molecule has 1 amide bonds. The molecular weight excluding hydrogens is 332 g/mol. The summed E-state index contributed by atoms with van der Waals surface area (Å²) >= 11 is 1.55. The van der Waals surface area contributed by atoms with Crippen molar-refractivity contribution in [2.24, 2.45) is 0 Å². The molecule has 4 nitrogen and oxygen atoms in total. The first-order chi connectivity index (χ1) is 12.3. The summed E-state index contributed by atoms with van der Waals surface area (Å²) in [7, 11) is 1.61. The van der Waals surface area contributed by atoms with Crippen LogP contribution in [0, 0.1) is 0 Å². The van der Waals surface area contributed by atoms with Gasteiger partial charge < -0.3 is 10.1 Å². The zero-order valence-electron chi connectivity index (χ0n) is 13.8. The molecule has 0 aliphatic carbocycles. The first-order valence-electron chi connectivity index (χ1n) is 7.83. The highest BCUT2D eigenvalue weighted by Gasteiger charge is 2.13. The zero-order valence-corrected chi connectivity index (χ0v) is 14.6. The summed E-state index contributed by atoms with van der Waals surface area (Å²) in [6.07, 6.45) is 1.71. The first-order valence-corrected chi connectivity index (χ1v) is 8.82. The monoisotopic (exact) mass is 350 g/mol. The topological polar surface area (TPSA) is 51.2 Å². The number of ether oxygens (including phenoxy) is 1. The standard InChI is InChI=1S/C20H18N2O2S/c1-24-17-11-9-16(10-12-17)22-19(23)18-8-5-13-21-20(18)25-14-15-6-3-2-4-7-15/h2-13H,14H2,1H3,(H,22,23). The van der Waals surface area contributed by atoms with E-state index < -0.39 is 0 Å². The van der Waals surface area contributed by atoms with Gasteiger partial charge in [0.1, 0.15) is 10.8 Å². The van der Waals surface area contributed by atoms with Crippen LogP contribution in [0.3, 0.4) is 0 Å². The van der Waals surface area contributed by atoms with Crippen LogP contribution in [0.5, 0.6) is 5.75 Å². The Kier molecular flexibility index (Phi) is 5.69. The van der Waals surface area contributed by atoms with E-state index in [2.05, 4.69) is 22.4 Å². The Hall–Kier alpha value is -2.79. The number of hydrogen-bond donors (Lipinski definition) is 1. The van der Waals surface area contributed by atoms with E-state index in [1.54, 1.807) is 37.2 Å². The number of rotatable bonds is 6. The van der Waals surface area contributed by atoms with E-state index in [1.165, 1.54) is 5.56 Å². The molecule has 126 valence electrons. The van der Waals surface area contributed by atoms with Crippen LogP contribution < -0.4 is 10.1 Å². The Labute approximate surface area is 151 Å². The van der Waals surface area contributed by atoms with Crippen molar-refractivity contribution in [1.82, 2.24) is 4.98 Å². The first kappa shape index (κ1) is 17.0. The Morgan fingerprint density at radius 3 is 2.52 bits per heavy atom. The van der Waals surface area contributed by atoms with E-state index >= 15 is 0 Å². The van der Waals surface area contributed by atoms with E-state index in [0.29, 0.717) is 11.3 Å². The molecule has 0 aliphatic rings. The zero-order chi connectivity index (χ0) is 17.5. The summed E-state index contributed by atoms with van der Waals surface area (Å²) in [6.45, 7) is 0. The van der Waals surface area contributed by atoms with Crippen LogP contribution in [-0.2, 0) is 5.75 Å². The maximum Gasteiger partial charge on any atom is 0.258 e. The second-order valence-corrected chi connectivity index (χ2v) is 6.28. The van der Waals surface area contributed by atoms with Crippen LogP contribution in [0.25, 0.3) is 0 Å². The molecule has 3 aromatic rings. The lowest BCUT2D eigenvalue weighted by Gasteiger charge is -2.09. The molecule has 0 aliphatic heterocycles. The van der Waals surface area contributed by atoms with Crippen LogP contribution in [0.4, 0.5) is 5.69 Å². The second kappa shape index (κ2) is 8.35. The Balaban J connectivity index is 1.71. The number of aromatic nitrogens is 1. The highest BCUT2D eigenvalue weighted by atomic mass is 32.2. The van der Waals surface area contributed by atoms with E-state index in [-0.39, 0.29) is 5.91 Å². The van der Waals surface area contributed by atoms with E-state index in [1.807, 2.05) is 42.5 Å². The fourth-order valence-corrected chi connectivity index (χ4v) is 3.22. The van der Waals surface area contributed by atoms with E-state index in [9.17, 15) is 4.79 Å². The normalized spacial score (nSPS) is 10.3. The number of amides is 1. The number of carbonyl (C=O) groups is 1. The minimum Gasteiger partial charge on any atom is -0.497 e. The number of nitrogens with one attached hydrogen (secondary N) is 1. The number of anilines is 1. The summed E-state index contributed by atoms with van der Waals surface area (Å²) in [5.41, 5.74) is 2.48. The fourth-order valence-electron chi connectivity index (χ4n) is 2.28. The number of nitrogens with zero attached hydrogens (tertiary/aromatic N) is 1. The van der Waals surface area contributed by atoms with Gasteiger partial charge in [0.25, 0.3) is 5.91 Å². The lowest BCUT2D eigenvalue weighted by Crippen LogP contribution is -2.13. The molecule has 0 saturated heterocycles. The minimum atomic E-state index is -0.172. The van der Waals surface area contributed by atoms with Crippen LogP contribution in [0.15, 0.2) is 78.0 Å². The van der Waals surface area contributed by atoms with Gasteiger partial charge in [-0.1, -0.05) is 30.3 Å². The molecule has 1 aromatic heterocycles. The van der Waals surface area contributed by atoms with Crippen molar-refractivity contribution in [3.63, 3.8) is 0 Å². The largest absolute Gasteiger partial charge is 0.497 e. The van der Waals surface area contributed by atoms with Crippen molar-refractivity contribution in [2.45, 2.75) is 10.8 Å². The smallest absolute Gasteiger partial charge is 0.258 e. The maximum absolute atomic E-state index is 12.6. The van der Waals surface area contributed by atoms with Gasteiger partial charge in [0.05, 0.1) is 12.7 Å². The molecule has 0 radical (unpaired) electrons. The molecule has 0 saturated carbocycles. The van der Waals surface area contributed by atoms with Crippen molar-refractivity contribution in [3.05, 3.63) is 84.1 Å². The van der Waals surface area contributed by atoms with Crippen molar-refractivity contribution in [3.8, 4) is 5.75 Å². The third-order valence-corrected chi connectivity index (χ3v) is 4.66. The van der Waals surface area contributed by atoms with Gasteiger partial charge >= 0.3 is 0 Å². The molecule has 2 aromatic carbocycles. The average molecular weight is 350 g/mol. The molecule has 0 bridgehead atoms. The fraction of sp³-hybridized carbons (Fsp3) is 0.100. The molecule has 0 atom stereocenters. The molecule has 0 fully saturated rings. The quantitative estimate of drug-likeness (QED) is 0.658. The van der Waals surface area contributed by atoms with Crippen LogP contribution in [0.1, 0.15) is 15.9 Å². The highest BCUT2D eigenvalue weighted by Crippen LogP contribution is 2.25. The van der Waals surface area contributed by atoms with Gasteiger partial charge in [0.15, 0.2) is 0 Å². The summed E-state index contributed by atoms with van der Waals surface area (Å²) < 4.78 is 5.13. The number of thioether (sulfide) groups is 1. The van der Waals surface area contributed by atoms with Crippen molar-refractivity contribution in [1.29, 1.82) is 0 Å². The second-order valence-electron chi connectivity index (χ2n) is 5.31. The van der Waals surface area contributed by atoms with Crippen LogP contribution in [0.2, 0.25) is 0 Å². The summed E-state index contributed by atoms with van der Waals surface area (Å²) in [5, 5.41) is 3.62. The summed E-state index contributed by atoms with van der Waals surface area (Å²) in [6, 6.07) is 20.9. The van der Waals surface area contributed by atoms with Crippen molar-refractivity contribution >= 4 is 23.4 Å². The summed E-state index contributed by atoms with van der Waals surface area (Å²) in [5.74, 6) is 1.34. The molecule has 1 N–H and O–H groups in total. The number of hydrogen-bond acceptors (Lipinski definition) is 4. The van der Waals surface area contributed by atoms with Gasteiger partial charge in [-0.15, -0.1) is 11.8 Å². The lowest BCUT2D eigenvalue weighted by molar-refractivity contribution is 0.102. The van der Waals surface area contributed by atoms with Crippen LogP contribution in [-0.4, -0.2) is 18.0 Å². The molecule has 3 rings (SSSR count). The predicted octanol–water partition coefficient (Wildman–Crippen LogP) is 4.63. The van der Waals surface area contributed by atoms with E-state index in [0.717, 1.165) is 16.5 Å². The summed E-state index contributed by atoms with van der Waals surface area (Å²) in [4.78, 5) is 17.0. The van der Waals surface area contributed by atoms with Crippen LogP contribution >= 0.6 is 11.8 Å². The molecule has 0 unspecified atom stereocenters. The molecule has 0 spiro atoms. The number of pyridine rings is 1. The average Bonchev–Trinajstić information content (AvgIpc) is 2.68. The van der Waals surface area contributed by atoms with E-state index in [4.69, 9.17) is 4.74 Å². The molecular formula is C20H18N2O2S. The van der Waals surface area contributed by atoms with Crippen molar-refractivity contribution < 1.29 is 9.53 Å². The predicted molar refractivity (Wildman–Crippen MR) is 101 cm³/mol. The molecule has 5 heteroatoms. The van der Waals surface area contributed by atoms with Gasteiger partial charge in [-0.3, -0.25) is 4.79 Å². The van der Waals surface area contributed by atoms with Gasteiger partial charge in [-0.25, -0.2) is 4.98 Å². The molecule has 1 heterocycles. The molecule has 25 heavy (non-hydrogen) atoms. The number of carbonyl (C=O) groups excluding carboxylic acids is 1. The number of benzene rings is 2. The highest BCUT2D eigenvalue weighted by molar-refractivity contribution is 7.98. The third-order valence-electron chi connectivity index (χ3n) is 3.58. The lowest BCUT2D eigenvalue weighted by atomic mass is 10.2. The maximum atomic E-state index is 12.6. The van der Waals surface area contributed by atoms with Gasteiger partial charge in [-0.05, 0) is 42.0 Å². The Bertz CT molecular complexity index is 836. The van der Waals surface area contributed by atoms with Gasteiger partial charge in [-0.2, -0.15) is 0 Å². The van der Waals surface area contributed by atoms with Crippen molar-refractivity contribution in [2.75, 3.05) is 12.4 Å².